The summed E-state index contributed by atoms with van der Waals surface area (Å²) in [7, 11) is 0. The Labute approximate surface area is 185 Å². The predicted octanol–water partition coefficient (Wildman–Crippen LogP) is 4.20. The van der Waals surface area contributed by atoms with Crippen molar-refractivity contribution in [1.82, 2.24) is 19.4 Å². The molecule has 5 rings (SSSR count). The number of imide groups is 1. The van der Waals surface area contributed by atoms with Crippen LogP contribution in [0.4, 0.5) is 0 Å². The van der Waals surface area contributed by atoms with Gasteiger partial charge in [0.15, 0.2) is 0 Å². The summed E-state index contributed by atoms with van der Waals surface area (Å²) in [4.78, 5) is 35.8. The Balaban J connectivity index is 1.35. The first kappa shape index (κ1) is 20.3. The van der Waals surface area contributed by atoms with Gasteiger partial charge in [0.05, 0.1) is 28.4 Å². The molecular weight excluding hydrogens is 404 g/mol. The van der Waals surface area contributed by atoms with Crippen LogP contribution in [-0.4, -0.2) is 44.4 Å². The van der Waals surface area contributed by atoms with E-state index in [-0.39, 0.29) is 11.8 Å². The summed E-state index contributed by atoms with van der Waals surface area (Å²) in [6, 6.07) is 15.0. The van der Waals surface area contributed by atoms with Crippen molar-refractivity contribution in [2.75, 3.05) is 13.2 Å². The summed E-state index contributed by atoms with van der Waals surface area (Å²) < 4.78 is 7.84. The Bertz CT molecular complexity index is 1290. The minimum Gasteiger partial charge on any atom is -0.374 e. The number of aromatic nitrogens is 3. The van der Waals surface area contributed by atoms with E-state index in [1.54, 1.807) is 24.3 Å². The second-order valence-electron chi connectivity index (χ2n) is 7.84. The molecule has 0 atom stereocenters. The number of carbonyl (C=O) groups is 2. The fraction of sp³-hybridized carbons (Fsp3) is 0.280. The average molecular weight is 428 g/mol. The Hall–Kier alpha value is -3.58. The summed E-state index contributed by atoms with van der Waals surface area (Å²) in [5.74, 6) is 0.460. The van der Waals surface area contributed by atoms with Crippen molar-refractivity contribution in [3.05, 3.63) is 71.7 Å². The fourth-order valence-corrected chi connectivity index (χ4v) is 4.34. The van der Waals surface area contributed by atoms with E-state index in [2.05, 4.69) is 15.6 Å². The number of unbranched alkanes of at least 4 members (excludes halogenated alkanes) is 1. The molecule has 0 bridgehead atoms. The van der Waals surface area contributed by atoms with Gasteiger partial charge in [-0.15, -0.1) is 0 Å². The highest BCUT2D eigenvalue weighted by Crippen LogP contribution is 2.26. The summed E-state index contributed by atoms with van der Waals surface area (Å²) in [6.45, 7) is 4.13. The molecule has 0 N–H and O–H groups in total. The van der Waals surface area contributed by atoms with Gasteiger partial charge in [-0.3, -0.25) is 19.5 Å². The van der Waals surface area contributed by atoms with Crippen LogP contribution >= 0.6 is 0 Å². The highest BCUT2D eigenvalue weighted by Gasteiger charge is 2.34. The zero-order valence-corrected chi connectivity index (χ0v) is 18.0. The number of para-hydroxylation sites is 1. The second kappa shape index (κ2) is 8.51. The maximum absolute atomic E-state index is 12.6. The average Bonchev–Trinajstić information content (AvgIpc) is 3.30. The number of ether oxygens (including phenoxy) is 1. The Morgan fingerprint density at radius 3 is 2.31 bits per heavy atom. The lowest BCUT2D eigenvalue weighted by Crippen LogP contribution is -2.30. The number of carbonyl (C=O) groups excluding carboxylic acids is 2. The molecule has 0 unspecified atom stereocenters. The summed E-state index contributed by atoms with van der Waals surface area (Å²) in [5.41, 5.74) is 3.81. The van der Waals surface area contributed by atoms with Gasteiger partial charge < -0.3 is 9.30 Å². The number of aryl methyl sites for hydroxylation is 1. The molecule has 1 aliphatic rings. The maximum Gasteiger partial charge on any atom is 0.261 e. The van der Waals surface area contributed by atoms with E-state index in [4.69, 9.17) is 9.72 Å². The minimum atomic E-state index is -0.201. The number of hydrogen-bond donors (Lipinski definition) is 0. The van der Waals surface area contributed by atoms with Gasteiger partial charge in [0.2, 0.25) is 0 Å². The Kier molecular flexibility index (Phi) is 5.41. The number of amides is 2. The van der Waals surface area contributed by atoms with Crippen molar-refractivity contribution < 1.29 is 14.3 Å². The van der Waals surface area contributed by atoms with Gasteiger partial charge in [-0.2, -0.15) is 0 Å². The Morgan fingerprint density at radius 1 is 0.875 bits per heavy atom. The smallest absolute Gasteiger partial charge is 0.261 e. The summed E-state index contributed by atoms with van der Waals surface area (Å²) in [6.07, 6.45) is 3.32. The van der Waals surface area contributed by atoms with E-state index in [1.807, 2.05) is 31.3 Å². The van der Waals surface area contributed by atoms with Crippen LogP contribution in [0.25, 0.3) is 21.9 Å². The van der Waals surface area contributed by atoms with Crippen LogP contribution in [0.15, 0.2) is 54.7 Å². The van der Waals surface area contributed by atoms with Gasteiger partial charge in [0.25, 0.3) is 11.8 Å². The summed E-state index contributed by atoms with van der Waals surface area (Å²) in [5, 5.41) is 1.06. The lowest BCUT2D eigenvalue weighted by Gasteiger charge is -2.15. The molecule has 0 spiro atoms. The lowest BCUT2D eigenvalue weighted by atomic mass is 10.1. The van der Waals surface area contributed by atoms with Crippen LogP contribution < -0.4 is 0 Å². The summed E-state index contributed by atoms with van der Waals surface area (Å²) >= 11 is 0. The zero-order chi connectivity index (χ0) is 22.1. The first-order valence-corrected chi connectivity index (χ1v) is 10.9. The van der Waals surface area contributed by atoms with Crippen LogP contribution in [0.3, 0.4) is 0 Å². The van der Waals surface area contributed by atoms with Gasteiger partial charge >= 0.3 is 0 Å². The Morgan fingerprint density at radius 2 is 1.56 bits per heavy atom. The molecule has 7 nitrogen and oxygen atoms in total. The molecule has 7 heteroatoms. The number of fused-ring (bicyclic) bond motifs is 4. The van der Waals surface area contributed by atoms with E-state index in [1.165, 1.54) is 4.90 Å². The molecule has 3 heterocycles. The third kappa shape index (κ3) is 3.44. The highest BCUT2D eigenvalue weighted by molar-refractivity contribution is 6.21. The number of benzene rings is 2. The molecule has 2 amide bonds. The largest absolute Gasteiger partial charge is 0.374 e. The third-order valence-electron chi connectivity index (χ3n) is 5.89. The molecule has 2 aromatic carbocycles. The van der Waals surface area contributed by atoms with Crippen LogP contribution in [0, 0.1) is 0 Å². The van der Waals surface area contributed by atoms with Crippen LogP contribution in [0.2, 0.25) is 0 Å². The second-order valence-corrected chi connectivity index (χ2v) is 7.84. The van der Waals surface area contributed by atoms with Gasteiger partial charge in [0.1, 0.15) is 17.9 Å². The van der Waals surface area contributed by atoms with E-state index < -0.39 is 0 Å². The van der Waals surface area contributed by atoms with Crippen molar-refractivity contribution in [1.29, 1.82) is 0 Å². The highest BCUT2D eigenvalue weighted by atomic mass is 16.5. The third-order valence-corrected chi connectivity index (χ3v) is 5.89. The molecule has 0 aliphatic carbocycles. The number of hydrogen-bond acceptors (Lipinski definition) is 5. The lowest BCUT2D eigenvalue weighted by molar-refractivity contribution is 0.0651. The van der Waals surface area contributed by atoms with Crippen molar-refractivity contribution in [2.24, 2.45) is 0 Å². The molecule has 1 aliphatic heterocycles. The normalized spacial score (nSPS) is 13.5. The maximum atomic E-state index is 12.6. The molecule has 4 aromatic rings. The topological polar surface area (TPSA) is 77.3 Å². The number of nitrogens with zero attached hydrogens (tertiary/aromatic N) is 4. The molecule has 0 radical (unpaired) electrons. The quantitative estimate of drug-likeness (QED) is 0.311. The number of pyridine rings is 1. The molecular formula is C25H24N4O3. The molecule has 32 heavy (non-hydrogen) atoms. The van der Waals surface area contributed by atoms with Crippen molar-refractivity contribution in [3.63, 3.8) is 0 Å². The molecule has 0 saturated carbocycles. The zero-order valence-electron chi connectivity index (χ0n) is 18.0. The molecule has 0 saturated heterocycles. The van der Waals surface area contributed by atoms with Crippen LogP contribution in [-0.2, 0) is 17.9 Å². The van der Waals surface area contributed by atoms with Crippen LogP contribution in [0.5, 0.6) is 0 Å². The van der Waals surface area contributed by atoms with Crippen LogP contribution in [0.1, 0.15) is 46.3 Å². The van der Waals surface area contributed by atoms with Gasteiger partial charge in [0, 0.05) is 25.1 Å². The monoisotopic (exact) mass is 428 g/mol. The molecule has 2 aromatic heterocycles. The molecule has 162 valence electrons. The van der Waals surface area contributed by atoms with E-state index in [0.717, 1.165) is 40.7 Å². The van der Waals surface area contributed by atoms with E-state index >= 15 is 0 Å². The van der Waals surface area contributed by atoms with Crippen molar-refractivity contribution in [3.8, 4) is 0 Å². The van der Waals surface area contributed by atoms with Gasteiger partial charge in [-0.25, -0.2) is 4.98 Å². The van der Waals surface area contributed by atoms with Crippen molar-refractivity contribution in [2.45, 2.75) is 32.9 Å². The van der Waals surface area contributed by atoms with Crippen molar-refractivity contribution >= 4 is 33.8 Å². The standard InChI is InChI=1S/C25H24N4O3/c1-2-32-16-22-27-21-15-26-20-12-6-5-11-19(20)23(21)28(22)13-7-8-14-29-24(30)17-9-3-4-10-18(17)25(29)31/h3-6,9-12,15H,2,7-8,13-14,16H2,1H3. The number of imidazole rings is 1. The SMILES string of the molecule is CCOCc1nc2cnc3ccccc3c2n1CCCCN1C(=O)c2ccccc2C1=O. The van der Waals surface area contributed by atoms with E-state index in [0.29, 0.717) is 37.3 Å². The first-order chi connectivity index (χ1) is 15.7. The fourth-order valence-electron chi connectivity index (χ4n) is 4.34. The molecule has 0 fully saturated rings. The number of rotatable bonds is 8. The predicted molar refractivity (Wildman–Crippen MR) is 121 cm³/mol. The van der Waals surface area contributed by atoms with E-state index in [9.17, 15) is 9.59 Å². The van der Waals surface area contributed by atoms with Gasteiger partial charge in [-0.1, -0.05) is 30.3 Å². The first-order valence-electron chi connectivity index (χ1n) is 10.9. The minimum absolute atomic E-state index is 0.201. The van der Waals surface area contributed by atoms with Gasteiger partial charge in [-0.05, 0) is 38.0 Å².